The zero-order chi connectivity index (χ0) is 13.1. The highest BCUT2D eigenvalue weighted by molar-refractivity contribution is 5.39. The van der Waals surface area contributed by atoms with Gasteiger partial charge in [-0.3, -0.25) is 0 Å². The minimum atomic E-state index is 0.217. The van der Waals surface area contributed by atoms with E-state index in [1.165, 1.54) is 0 Å². The predicted octanol–water partition coefficient (Wildman–Crippen LogP) is 2.26. The molecule has 1 aliphatic carbocycles. The lowest BCUT2D eigenvalue weighted by Gasteiger charge is -2.15. The van der Waals surface area contributed by atoms with Gasteiger partial charge in [-0.15, -0.1) is 0 Å². The van der Waals surface area contributed by atoms with Gasteiger partial charge in [-0.25, -0.2) is 9.97 Å². The van der Waals surface area contributed by atoms with Crippen molar-refractivity contribution >= 4 is 5.82 Å². The van der Waals surface area contributed by atoms with Gasteiger partial charge in [-0.05, 0) is 13.3 Å². The van der Waals surface area contributed by atoms with Crippen LogP contribution in [0.2, 0.25) is 0 Å². The number of nitrogens with zero attached hydrogens (tertiary/aromatic N) is 2. The Morgan fingerprint density at radius 1 is 1.39 bits per heavy atom. The first-order chi connectivity index (χ1) is 8.58. The Balaban J connectivity index is 2.08. The molecule has 4 heteroatoms. The fraction of sp³-hybridized carbons (Fsp3) is 0.571. The standard InChI is InChI=1S/C14H21N3O/c1-9(2)14-15-10(3)6-13(17-14)16-12-5-4-11(7-12)8-18/h4-6,9,11-12,18H,7-8H2,1-3H3,(H,15,16,17)/t11-,12+/m0/s1. The number of aromatic nitrogens is 2. The van der Waals surface area contributed by atoms with Crippen LogP contribution in [0.25, 0.3) is 0 Å². The van der Waals surface area contributed by atoms with E-state index < -0.39 is 0 Å². The lowest BCUT2D eigenvalue weighted by Crippen LogP contribution is -2.18. The number of aryl methyl sites for hydroxylation is 1. The molecule has 4 nitrogen and oxygen atoms in total. The topological polar surface area (TPSA) is 58.0 Å². The molecule has 0 unspecified atom stereocenters. The molecule has 1 aromatic rings. The Bertz CT molecular complexity index is 443. The number of anilines is 1. The summed E-state index contributed by atoms with van der Waals surface area (Å²) < 4.78 is 0. The third kappa shape index (κ3) is 3.07. The van der Waals surface area contributed by atoms with E-state index in [4.69, 9.17) is 5.11 Å². The van der Waals surface area contributed by atoms with Crippen molar-refractivity contribution in [1.82, 2.24) is 9.97 Å². The second-order valence-electron chi connectivity index (χ2n) is 5.22. The van der Waals surface area contributed by atoms with Gasteiger partial charge in [0.1, 0.15) is 11.6 Å². The van der Waals surface area contributed by atoms with E-state index in [1.807, 2.05) is 13.0 Å². The molecule has 0 bridgehead atoms. The molecular weight excluding hydrogens is 226 g/mol. The normalized spacial score (nSPS) is 22.7. The third-order valence-electron chi connectivity index (χ3n) is 3.13. The Morgan fingerprint density at radius 2 is 2.17 bits per heavy atom. The molecule has 2 N–H and O–H groups in total. The van der Waals surface area contributed by atoms with Crippen molar-refractivity contribution in [2.24, 2.45) is 5.92 Å². The molecule has 2 atom stereocenters. The zero-order valence-electron chi connectivity index (χ0n) is 11.2. The van der Waals surface area contributed by atoms with Crippen LogP contribution in [-0.2, 0) is 0 Å². The summed E-state index contributed by atoms with van der Waals surface area (Å²) in [5.41, 5.74) is 0.983. The van der Waals surface area contributed by atoms with Crippen LogP contribution in [-0.4, -0.2) is 27.7 Å². The molecule has 2 rings (SSSR count). The molecule has 18 heavy (non-hydrogen) atoms. The first kappa shape index (κ1) is 13.0. The quantitative estimate of drug-likeness (QED) is 0.801. The maximum Gasteiger partial charge on any atom is 0.133 e. The third-order valence-corrected chi connectivity index (χ3v) is 3.13. The summed E-state index contributed by atoms with van der Waals surface area (Å²) in [7, 11) is 0. The Morgan fingerprint density at radius 3 is 2.78 bits per heavy atom. The van der Waals surface area contributed by atoms with Crippen LogP contribution in [0, 0.1) is 12.8 Å². The molecule has 0 saturated carbocycles. The molecular formula is C14H21N3O. The van der Waals surface area contributed by atoms with Crippen LogP contribution in [0.3, 0.4) is 0 Å². The second kappa shape index (κ2) is 5.48. The van der Waals surface area contributed by atoms with E-state index in [9.17, 15) is 0 Å². The summed E-state index contributed by atoms with van der Waals surface area (Å²) >= 11 is 0. The van der Waals surface area contributed by atoms with E-state index >= 15 is 0 Å². The van der Waals surface area contributed by atoms with Gasteiger partial charge in [-0.1, -0.05) is 26.0 Å². The van der Waals surface area contributed by atoms with Crippen LogP contribution in [0.15, 0.2) is 18.2 Å². The van der Waals surface area contributed by atoms with Crippen molar-refractivity contribution < 1.29 is 5.11 Å². The maximum absolute atomic E-state index is 9.11. The van der Waals surface area contributed by atoms with E-state index in [0.717, 1.165) is 23.8 Å². The summed E-state index contributed by atoms with van der Waals surface area (Å²) in [6.07, 6.45) is 5.10. The minimum absolute atomic E-state index is 0.217. The number of aliphatic hydroxyl groups is 1. The fourth-order valence-corrected chi connectivity index (χ4v) is 2.13. The molecule has 0 fully saturated rings. The smallest absolute Gasteiger partial charge is 0.133 e. The van der Waals surface area contributed by atoms with Crippen LogP contribution in [0.4, 0.5) is 5.82 Å². The molecule has 98 valence electrons. The highest BCUT2D eigenvalue weighted by Crippen LogP contribution is 2.21. The average Bonchev–Trinajstić information content (AvgIpc) is 2.76. The van der Waals surface area contributed by atoms with Gasteiger partial charge in [0.2, 0.25) is 0 Å². The molecule has 0 aromatic carbocycles. The van der Waals surface area contributed by atoms with Gasteiger partial charge in [0.15, 0.2) is 0 Å². The van der Waals surface area contributed by atoms with Crippen molar-refractivity contribution in [2.45, 2.75) is 39.2 Å². The summed E-state index contributed by atoms with van der Waals surface area (Å²) in [6.45, 7) is 6.39. The van der Waals surface area contributed by atoms with Gasteiger partial charge in [-0.2, -0.15) is 0 Å². The first-order valence-corrected chi connectivity index (χ1v) is 6.49. The maximum atomic E-state index is 9.11. The van der Waals surface area contributed by atoms with E-state index in [1.54, 1.807) is 0 Å². The summed E-state index contributed by atoms with van der Waals surface area (Å²) in [5, 5.41) is 12.5. The van der Waals surface area contributed by atoms with Crippen molar-refractivity contribution in [3.8, 4) is 0 Å². The molecule has 0 amide bonds. The molecule has 0 radical (unpaired) electrons. The van der Waals surface area contributed by atoms with Gasteiger partial charge in [0.05, 0.1) is 0 Å². The Hall–Kier alpha value is -1.42. The number of nitrogens with one attached hydrogen (secondary N) is 1. The second-order valence-corrected chi connectivity index (χ2v) is 5.22. The highest BCUT2D eigenvalue weighted by Gasteiger charge is 2.18. The summed E-state index contributed by atoms with van der Waals surface area (Å²) in [6, 6.07) is 2.22. The van der Waals surface area contributed by atoms with E-state index in [0.29, 0.717) is 5.92 Å². The first-order valence-electron chi connectivity index (χ1n) is 6.49. The van der Waals surface area contributed by atoms with E-state index in [-0.39, 0.29) is 18.6 Å². The zero-order valence-corrected chi connectivity index (χ0v) is 11.2. The number of aliphatic hydroxyl groups excluding tert-OH is 1. The van der Waals surface area contributed by atoms with Crippen LogP contribution in [0.1, 0.15) is 37.7 Å². The number of hydrogen-bond donors (Lipinski definition) is 2. The lowest BCUT2D eigenvalue weighted by atomic mass is 10.1. The molecule has 1 aromatic heterocycles. The van der Waals surface area contributed by atoms with Crippen molar-refractivity contribution in [1.29, 1.82) is 0 Å². The molecule has 0 spiro atoms. The summed E-state index contributed by atoms with van der Waals surface area (Å²) in [4.78, 5) is 8.96. The molecule has 1 heterocycles. The van der Waals surface area contributed by atoms with Crippen molar-refractivity contribution in [3.63, 3.8) is 0 Å². The molecule has 0 saturated heterocycles. The minimum Gasteiger partial charge on any atom is -0.396 e. The lowest BCUT2D eigenvalue weighted by molar-refractivity contribution is 0.250. The monoisotopic (exact) mass is 247 g/mol. The average molecular weight is 247 g/mol. The predicted molar refractivity (Wildman–Crippen MR) is 72.6 cm³/mol. The van der Waals surface area contributed by atoms with Crippen molar-refractivity contribution in [2.75, 3.05) is 11.9 Å². The van der Waals surface area contributed by atoms with Gasteiger partial charge < -0.3 is 10.4 Å². The van der Waals surface area contributed by atoms with Crippen LogP contribution >= 0.6 is 0 Å². The van der Waals surface area contributed by atoms with Crippen LogP contribution in [0.5, 0.6) is 0 Å². The Labute approximate surface area is 108 Å². The number of hydrogen-bond acceptors (Lipinski definition) is 4. The Kier molecular flexibility index (Phi) is 3.97. The van der Waals surface area contributed by atoms with Gasteiger partial charge in [0.25, 0.3) is 0 Å². The highest BCUT2D eigenvalue weighted by atomic mass is 16.3. The number of rotatable bonds is 4. The van der Waals surface area contributed by atoms with E-state index in [2.05, 4.69) is 41.3 Å². The molecule has 1 aliphatic rings. The van der Waals surface area contributed by atoms with Gasteiger partial charge >= 0.3 is 0 Å². The SMILES string of the molecule is Cc1cc(N[C@@H]2C=C[C@H](CO)C2)nc(C(C)C)n1. The largest absolute Gasteiger partial charge is 0.396 e. The van der Waals surface area contributed by atoms with Crippen LogP contribution < -0.4 is 5.32 Å². The van der Waals surface area contributed by atoms with Crippen molar-refractivity contribution in [3.05, 3.63) is 29.7 Å². The summed E-state index contributed by atoms with van der Waals surface area (Å²) in [5.74, 6) is 2.35. The molecule has 0 aliphatic heterocycles. The fourth-order valence-electron chi connectivity index (χ4n) is 2.13. The van der Waals surface area contributed by atoms with Gasteiger partial charge in [0, 0.05) is 36.2 Å².